The van der Waals surface area contributed by atoms with E-state index in [-0.39, 0.29) is 0 Å². The molecule has 1 N–H and O–H groups in total. The van der Waals surface area contributed by atoms with Gasteiger partial charge in [-0.25, -0.2) is 0 Å². The van der Waals surface area contributed by atoms with Gasteiger partial charge in [0.05, 0.1) is 0 Å². The average Bonchev–Trinajstić information content (AvgIpc) is 2.82. The second-order valence-corrected chi connectivity index (χ2v) is 3.87. The first kappa shape index (κ1) is 10.1. The molecule has 3 rings (SSSR count). The summed E-state index contributed by atoms with van der Waals surface area (Å²) in [5.74, 6) is 0.553. The highest BCUT2D eigenvalue weighted by atomic mass is 16.4. The highest BCUT2D eigenvalue weighted by Gasteiger charge is 2.14. The summed E-state index contributed by atoms with van der Waals surface area (Å²) >= 11 is 0. The van der Waals surface area contributed by atoms with Crippen LogP contribution in [0.3, 0.4) is 0 Å². The van der Waals surface area contributed by atoms with Crippen LogP contribution in [0.5, 0.6) is 0 Å². The number of pyridine rings is 1. The molecule has 0 saturated carbocycles. The van der Waals surface area contributed by atoms with Crippen molar-refractivity contribution in [2.24, 2.45) is 0 Å². The average molecular weight is 225 g/mol. The molecule has 0 saturated heterocycles. The molecule has 84 valence electrons. The summed E-state index contributed by atoms with van der Waals surface area (Å²) in [7, 11) is 0. The third kappa shape index (κ3) is 1.81. The van der Waals surface area contributed by atoms with Crippen LogP contribution in [-0.2, 0) is 0 Å². The van der Waals surface area contributed by atoms with E-state index in [1.54, 1.807) is 24.5 Å². The van der Waals surface area contributed by atoms with Crippen molar-refractivity contribution in [1.82, 2.24) is 4.98 Å². The van der Waals surface area contributed by atoms with Gasteiger partial charge in [-0.15, -0.1) is 0 Å². The number of rotatable bonds is 2. The third-order valence-corrected chi connectivity index (χ3v) is 2.74. The van der Waals surface area contributed by atoms with Gasteiger partial charge in [-0.05, 0) is 29.8 Å². The maximum Gasteiger partial charge on any atom is 0.138 e. The van der Waals surface area contributed by atoms with Crippen LogP contribution in [0, 0.1) is 0 Å². The Morgan fingerprint density at radius 1 is 1.06 bits per heavy atom. The summed E-state index contributed by atoms with van der Waals surface area (Å²) in [5.41, 5.74) is 1.56. The Kier molecular flexibility index (Phi) is 2.38. The van der Waals surface area contributed by atoms with E-state index < -0.39 is 6.10 Å². The van der Waals surface area contributed by atoms with Crippen molar-refractivity contribution < 1.29 is 9.52 Å². The molecule has 3 heteroatoms. The van der Waals surface area contributed by atoms with Crippen LogP contribution in [0.4, 0.5) is 0 Å². The number of hydrogen-bond donors (Lipinski definition) is 1. The maximum atomic E-state index is 10.2. The quantitative estimate of drug-likeness (QED) is 0.729. The predicted octanol–water partition coefficient (Wildman–Crippen LogP) is 2.91. The van der Waals surface area contributed by atoms with Gasteiger partial charge in [0, 0.05) is 17.8 Å². The molecule has 3 aromatic rings. The lowest BCUT2D eigenvalue weighted by Gasteiger charge is -2.06. The monoisotopic (exact) mass is 225 g/mol. The van der Waals surface area contributed by atoms with Gasteiger partial charge in [-0.3, -0.25) is 4.98 Å². The molecule has 0 radical (unpaired) electrons. The summed E-state index contributed by atoms with van der Waals surface area (Å²) in [6.07, 6.45) is 2.56. The lowest BCUT2D eigenvalue weighted by atomic mass is 10.1. The van der Waals surface area contributed by atoms with Crippen LogP contribution < -0.4 is 0 Å². The number of hydrogen-bond acceptors (Lipinski definition) is 3. The first-order valence-corrected chi connectivity index (χ1v) is 5.41. The van der Waals surface area contributed by atoms with Gasteiger partial charge in [0.25, 0.3) is 0 Å². The van der Waals surface area contributed by atoms with E-state index in [1.165, 1.54) is 0 Å². The number of nitrogens with zero attached hydrogens (tertiary/aromatic N) is 1. The molecule has 2 heterocycles. The summed E-state index contributed by atoms with van der Waals surface area (Å²) in [4.78, 5) is 3.92. The van der Waals surface area contributed by atoms with Gasteiger partial charge in [0.1, 0.15) is 17.4 Å². The molecule has 3 nitrogen and oxygen atoms in total. The van der Waals surface area contributed by atoms with Crippen molar-refractivity contribution in [1.29, 1.82) is 0 Å². The molecule has 0 bridgehead atoms. The van der Waals surface area contributed by atoms with E-state index in [0.29, 0.717) is 5.76 Å². The molecular formula is C14H11NO2. The fourth-order valence-electron chi connectivity index (χ4n) is 1.85. The molecule has 17 heavy (non-hydrogen) atoms. The SMILES string of the molecule is OC(c1ccncc1)c1cc2ccccc2o1. The lowest BCUT2D eigenvalue weighted by molar-refractivity contribution is 0.192. The normalized spacial score (nSPS) is 12.8. The fraction of sp³-hybridized carbons (Fsp3) is 0.0714. The molecule has 0 fully saturated rings. The van der Waals surface area contributed by atoms with E-state index in [0.717, 1.165) is 16.5 Å². The van der Waals surface area contributed by atoms with E-state index in [4.69, 9.17) is 4.42 Å². The Bertz CT molecular complexity index is 598. The smallest absolute Gasteiger partial charge is 0.138 e. The Labute approximate surface area is 98.3 Å². The molecule has 0 aliphatic rings. The number of aliphatic hydroxyl groups is 1. The molecule has 1 atom stereocenters. The van der Waals surface area contributed by atoms with Crippen molar-refractivity contribution in [3.63, 3.8) is 0 Å². The standard InChI is InChI=1S/C14H11NO2/c16-14(10-5-7-15-8-6-10)13-9-11-3-1-2-4-12(11)17-13/h1-9,14,16H. The maximum absolute atomic E-state index is 10.2. The van der Waals surface area contributed by atoms with Crippen LogP contribution in [0.25, 0.3) is 11.0 Å². The molecule has 0 aliphatic heterocycles. The summed E-state index contributed by atoms with van der Waals surface area (Å²) in [5, 5.41) is 11.2. The minimum Gasteiger partial charge on any atom is -0.458 e. The first-order valence-electron chi connectivity index (χ1n) is 5.41. The van der Waals surface area contributed by atoms with Crippen LogP contribution in [0.1, 0.15) is 17.4 Å². The minimum absolute atomic E-state index is 0.553. The fourth-order valence-corrected chi connectivity index (χ4v) is 1.85. The first-order chi connectivity index (χ1) is 8.34. The van der Waals surface area contributed by atoms with Gasteiger partial charge in [-0.1, -0.05) is 18.2 Å². The highest BCUT2D eigenvalue weighted by molar-refractivity contribution is 5.77. The third-order valence-electron chi connectivity index (χ3n) is 2.74. The summed E-state index contributed by atoms with van der Waals surface area (Å²) < 4.78 is 5.61. The Hall–Kier alpha value is -2.13. The van der Waals surface area contributed by atoms with Crippen LogP contribution >= 0.6 is 0 Å². The lowest BCUT2D eigenvalue weighted by Crippen LogP contribution is -1.97. The largest absolute Gasteiger partial charge is 0.458 e. The van der Waals surface area contributed by atoms with Crippen molar-refractivity contribution >= 4 is 11.0 Å². The second kappa shape index (κ2) is 4.03. The van der Waals surface area contributed by atoms with Crippen molar-refractivity contribution in [2.75, 3.05) is 0 Å². The molecular weight excluding hydrogens is 214 g/mol. The van der Waals surface area contributed by atoms with Crippen LogP contribution in [-0.4, -0.2) is 10.1 Å². The molecule has 0 aliphatic carbocycles. The van der Waals surface area contributed by atoms with Crippen molar-refractivity contribution in [3.8, 4) is 0 Å². The van der Waals surface area contributed by atoms with Crippen molar-refractivity contribution in [2.45, 2.75) is 6.10 Å². The Morgan fingerprint density at radius 3 is 2.59 bits per heavy atom. The van der Waals surface area contributed by atoms with Gasteiger partial charge < -0.3 is 9.52 Å². The highest BCUT2D eigenvalue weighted by Crippen LogP contribution is 2.27. The van der Waals surface area contributed by atoms with E-state index >= 15 is 0 Å². The zero-order valence-electron chi connectivity index (χ0n) is 9.08. The second-order valence-electron chi connectivity index (χ2n) is 3.87. The van der Waals surface area contributed by atoms with Crippen LogP contribution in [0.2, 0.25) is 0 Å². The summed E-state index contributed by atoms with van der Waals surface area (Å²) in [6, 6.07) is 13.1. The zero-order valence-corrected chi connectivity index (χ0v) is 9.08. The predicted molar refractivity (Wildman–Crippen MR) is 64.5 cm³/mol. The van der Waals surface area contributed by atoms with Crippen molar-refractivity contribution in [3.05, 3.63) is 66.2 Å². The number of para-hydroxylation sites is 1. The number of benzene rings is 1. The number of fused-ring (bicyclic) bond motifs is 1. The Balaban J connectivity index is 2.04. The topological polar surface area (TPSA) is 46.3 Å². The molecule has 2 aromatic heterocycles. The molecule has 1 aromatic carbocycles. The molecule has 1 unspecified atom stereocenters. The van der Waals surface area contributed by atoms with Gasteiger partial charge in [0.15, 0.2) is 0 Å². The van der Waals surface area contributed by atoms with E-state index in [1.807, 2.05) is 30.3 Å². The van der Waals surface area contributed by atoms with Gasteiger partial charge >= 0.3 is 0 Å². The summed E-state index contributed by atoms with van der Waals surface area (Å²) in [6.45, 7) is 0. The Morgan fingerprint density at radius 2 is 1.82 bits per heavy atom. The molecule has 0 amide bonds. The van der Waals surface area contributed by atoms with E-state index in [2.05, 4.69) is 4.98 Å². The van der Waals surface area contributed by atoms with Gasteiger partial charge in [0.2, 0.25) is 0 Å². The van der Waals surface area contributed by atoms with Gasteiger partial charge in [-0.2, -0.15) is 0 Å². The number of aliphatic hydroxyl groups excluding tert-OH is 1. The number of aromatic nitrogens is 1. The minimum atomic E-state index is -0.745. The van der Waals surface area contributed by atoms with E-state index in [9.17, 15) is 5.11 Å². The zero-order chi connectivity index (χ0) is 11.7. The number of furan rings is 1. The van der Waals surface area contributed by atoms with Crippen LogP contribution in [0.15, 0.2) is 59.3 Å². The molecule has 0 spiro atoms.